The van der Waals surface area contributed by atoms with Gasteiger partial charge in [-0.1, -0.05) is 49.4 Å². The van der Waals surface area contributed by atoms with Crippen molar-refractivity contribution in [3.63, 3.8) is 0 Å². The second-order valence-corrected chi connectivity index (χ2v) is 10.9. The van der Waals surface area contributed by atoms with E-state index in [0.29, 0.717) is 36.8 Å². The summed E-state index contributed by atoms with van der Waals surface area (Å²) < 4.78 is 39.1. The minimum atomic E-state index is -3.94. The summed E-state index contributed by atoms with van der Waals surface area (Å²) in [6.45, 7) is 4.08. The molecule has 0 unspecified atom stereocenters. The first-order chi connectivity index (χ1) is 18.8. The molecule has 3 aromatic carbocycles. The highest BCUT2D eigenvalue weighted by molar-refractivity contribution is 7.89. The van der Waals surface area contributed by atoms with Crippen LogP contribution in [0.3, 0.4) is 0 Å². The molecule has 206 valence electrons. The van der Waals surface area contributed by atoms with Crippen LogP contribution in [0, 0.1) is 0 Å². The Balaban J connectivity index is 1.47. The predicted molar refractivity (Wildman–Crippen MR) is 148 cm³/mol. The monoisotopic (exact) mass is 551 g/mol. The smallest absolute Gasteiger partial charge is 0.262 e. The van der Waals surface area contributed by atoms with Crippen LogP contribution in [0.4, 0.5) is 5.69 Å². The molecular weight excluding hydrogens is 518 g/mol. The third kappa shape index (κ3) is 6.76. The number of anilines is 1. The summed E-state index contributed by atoms with van der Waals surface area (Å²) in [6.07, 6.45) is -0.273. The summed E-state index contributed by atoms with van der Waals surface area (Å²) in [7, 11) is -3.94. The van der Waals surface area contributed by atoms with Gasteiger partial charge in [-0.25, -0.2) is 8.42 Å². The molecule has 0 saturated carbocycles. The number of para-hydroxylation sites is 2. The summed E-state index contributed by atoms with van der Waals surface area (Å²) in [5.41, 5.74) is 1.59. The predicted octanol–water partition coefficient (Wildman–Crippen LogP) is 3.25. The largest absolute Gasteiger partial charge is 0.494 e. The zero-order valence-electron chi connectivity index (χ0n) is 22.1. The highest BCUT2D eigenvalue weighted by atomic mass is 32.2. The molecule has 0 fully saturated rings. The van der Waals surface area contributed by atoms with Crippen molar-refractivity contribution in [2.75, 3.05) is 37.7 Å². The molecule has 4 rings (SSSR count). The van der Waals surface area contributed by atoms with E-state index in [1.54, 1.807) is 43.3 Å². The number of rotatable bonds is 11. The van der Waals surface area contributed by atoms with Gasteiger partial charge in [0.1, 0.15) is 11.5 Å². The summed E-state index contributed by atoms with van der Waals surface area (Å²) in [4.78, 5) is 28.0. The molecule has 0 aromatic heterocycles. The molecule has 3 aromatic rings. The molecule has 1 aliphatic rings. The van der Waals surface area contributed by atoms with E-state index >= 15 is 0 Å². The van der Waals surface area contributed by atoms with Gasteiger partial charge in [0.05, 0.1) is 30.3 Å². The van der Waals surface area contributed by atoms with Crippen LogP contribution in [0.1, 0.15) is 19.4 Å². The third-order valence-electron chi connectivity index (χ3n) is 6.36. The summed E-state index contributed by atoms with van der Waals surface area (Å²) in [5, 5.41) is 2.88. The van der Waals surface area contributed by atoms with Crippen molar-refractivity contribution in [2.45, 2.75) is 31.3 Å². The normalized spacial score (nSPS) is 14.8. The van der Waals surface area contributed by atoms with E-state index < -0.39 is 22.0 Å². The molecule has 0 saturated heterocycles. The number of carbonyl (C=O) groups is 2. The van der Waals surface area contributed by atoms with E-state index in [4.69, 9.17) is 9.47 Å². The number of amides is 2. The lowest BCUT2D eigenvalue weighted by molar-refractivity contribution is -0.128. The minimum absolute atomic E-state index is 0.0341. The topological polar surface area (TPSA) is 105 Å². The van der Waals surface area contributed by atoms with Crippen LogP contribution in [0.2, 0.25) is 0 Å². The molecule has 2 amide bonds. The number of likely N-dealkylation sites (N-methyl/N-ethyl adjacent to an activating group) is 1. The van der Waals surface area contributed by atoms with Gasteiger partial charge >= 0.3 is 0 Å². The van der Waals surface area contributed by atoms with E-state index in [1.807, 2.05) is 37.3 Å². The number of nitrogens with zero attached hydrogens (tertiary/aromatic N) is 2. The van der Waals surface area contributed by atoms with E-state index in [1.165, 1.54) is 17.0 Å². The Kier molecular flexibility index (Phi) is 9.21. The van der Waals surface area contributed by atoms with Crippen LogP contribution in [-0.4, -0.2) is 63.4 Å². The zero-order chi connectivity index (χ0) is 27.8. The average molecular weight is 552 g/mol. The molecule has 1 heterocycles. The van der Waals surface area contributed by atoms with Crippen molar-refractivity contribution in [1.29, 1.82) is 0 Å². The highest BCUT2D eigenvalue weighted by Crippen LogP contribution is 2.33. The molecule has 1 N–H and O–H groups in total. The Morgan fingerprint density at radius 3 is 2.38 bits per heavy atom. The standard InChI is InChI=1S/C29H33N3O6S/c1-3-31(39(35,36)24-16-14-23(15-17-24)37-4-2)21-28(33)32-20-27(38-26-13-9-8-12-25(26)32)29(34)30-19-18-22-10-6-5-7-11-22/h5-17,27H,3-4,18-21H2,1-2H3,(H,30,34)/t27-/m1/s1. The summed E-state index contributed by atoms with van der Waals surface area (Å²) in [5.74, 6) is 0.156. The maximum absolute atomic E-state index is 13.5. The van der Waals surface area contributed by atoms with Crippen molar-refractivity contribution in [1.82, 2.24) is 9.62 Å². The van der Waals surface area contributed by atoms with Crippen molar-refractivity contribution in [2.24, 2.45) is 0 Å². The van der Waals surface area contributed by atoms with Gasteiger partial charge in [0.25, 0.3) is 5.91 Å². The Hall–Kier alpha value is -3.89. The van der Waals surface area contributed by atoms with E-state index in [0.717, 1.165) is 9.87 Å². The molecule has 0 bridgehead atoms. The zero-order valence-corrected chi connectivity index (χ0v) is 22.9. The second-order valence-electron chi connectivity index (χ2n) is 8.94. The SMILES string of the molecule is CCOc1ccc(S(=O)(=O)N(CC)CC(=O)N2C[C@H](C(=O)NCCc3ccccc3)Oc3ccccc32)cc1. The molecule has 10 heteroatoms. The van der Waals surface area contributed by atoms with Crippen molar-refractivity contribution in [3.8, 4) is 11.5 Å². The van der Waals surface area contributed by atoms with E-state index in [-0.39, 0.29) is 30.4 Å². The lowest BCUT2D eigenvalue weighted by atomic mass is 10.1. The van der Waals surface area contributed by atoms with Gasteiger partial charge in [-0.05, 0) is 55.3 Å². The quantitative estimate of drug-likeness (QED) is 0.392. The number of hydrogen-bond donors (Lipinski definition) is 1. The van der Waals surface area contributed by atoms with Gasteiger partial charge in [0, 0.05) is 13.1 Å². The lowest BCUT2D eigenvalue weighted by Gasteiger charge is -2.35. The Morgan fingerprint density at radius 2 is 1.69 bits per heavy atom. The Morgan fingerprint density at radius 1 is 1.00 bits per heavy atom. The molecule has 0 spiro atoms. The fourth-order valence-electron chi connectivity index (χ4n) is 4.32. The van der Waals surface area contributed by atoms with Crippen molar-refractivity contribution < 1.29 is 27.5 Å². The number of hydrogen-bond acceptors (Lipinski definition) is 6. The van der Waals surface area contributed by atoms with Crippen LogP contribution < -0.4 is 19.7 Å². The maximum atomic E-state index is 13.5. The first-order valence-corrected chi connectivity index (χ1v) is 14.4. The fraction of sp³-hybridized carbons (Fsp3) is 0.310. The maximum Gasteiger partial charge on any atom is 0.262 e. The highest BCUT2D eigenvalue weighted by Gasteiger charge is 2.35. The lowest BCUT2D eigenvalue weighted by Crippen LogP contribution is -2.53. The fourth-order valence-corrected chi connectivity index (χ4v) is 5.72. The molecule has 39 heavy (non-hydrogen) atoms. The first kappa shape index (κ1) is 28.1. The van der Waals surface area contributed by atoms with Crippen molar-refractivity contribution >= 4 is 27.5 Å². The van der Waals surface area contributed by atoms with Gasteiger partial charge < -0.3 is 19.7 Å². The molecular formula is C29H33N3O6S. The van der Waals surface area contributed by atoms with Gasteiger partial charge in [-0.2, -0.15) is 4.31 Å². The Labute approximate surface area is 229 Å². The van der Waals surface area contributed by atoms with Gasteiger partial charge in [-0.3, -0.25) is 9.59 Å². The number of carbonyl (C=O) groups excluding carboxylic acids is 2. The van der Waals surface area contributed by atoms with Gasteiger partial charge in [0.2, 0.25) is 15.9 Å². The average Bonchev–Trinajstić information content (AvgIpc) is 2.96. The number of fused-ring (bicyclic) bond motifs is 1. The number of nitrogens with one attached hydrogen (secondary N) is 1. The van der Waals surface area contributed by atoms with Crippen LogP contribution in [-0.2, 0) is 26.0 Å². The van der Waals surface area contributed by atoms with Crippen LogP contribution in [0.25, 0.3) is 0 Å². The third-order valence-corrected chi connectivity index (χ3v) is 8.29. The summed E-state index contributed by atoms with van der Waals surface area (Å²) >= 11 is 0. The van der Waals surface area contributed by atoms with Crippen LogP contribution >= 0.6 is 0 Å². The minimum Gasteiger partial charge on any atom is -0.494 e. The van der Waals surface area contributed by atoms with Crippen LogP contribution in [0.15, 0.2) is 83.8 Å². The van der Waals surface area contributed by atoms with Gasteiger partial charge in [0.15, 0.2) is 6.10 Å². The van der Waals surface area contributed by atoms with E-state index in [9.17, 15) is 18.0 Å². The number of sulfonamides is 1. The molecule has 0 aliphatic carbocycles. The Bertz CT molecular complexity index is 1380. The van der Waals surface area contributed by atoms with E-state index in [2.05, 4.69) is 5.32 Å². The molecule has 0 radical (unpaired) electrons. The number of benzene rings is 3. The van der Waals surface area contributed by atoms with Crippen molar-refractivity contribution in [3.05, 3.63) is 84.4 Å². The number of ether oxygens (including phenoxy) is 2. The first-order valence-electron chi connectivity index (χ1n) is 12.9. The van der Waals surface area contributed by atoms with Gasteiger partial charge in [-0.15, -0.1) is 0 Å². The summed E-state index contributed by atoms with van der Waals surface area (Å²) in [6, 6.07) is 22.8. The molecule has 9 nitrogen and oxygen atoms in total. The van der Waals surface area contributed by atoms with Crippen LogP contribution in [0.5, 0.6) is 11.5 Å². The molecule has 1 aliphatic heterocycles. The molecule has 1 atom stereocenters. The second kappa shape index (κ2) is 12.8.